The Bertz CT molecular complexity index is 839. The van der Waals surface area contributed by atoms with Crippen LogP contribution in [0.4, 0.5) is 9.59 Å². The topological polar surface area (TPSA) is 175 Å². The van der Waals surface area contributed by atoms with Crippen molar-refractivity contribution >= 4 is 32.0 Å². The number of ether oxygens (including phenoxy) is 5. The van der Waals surface area contributed by atoms with Gasteiger partial charge in [-0.05, 0) is 26.7 Å². The lowest BCUT2D eigenvalue weighted by molar-refractivity contribution is -0.147. The van der Waals surface area contributed by atoms with E-state index in [9.17, 15) is 18.9 Å². The van der Waals surface area contributed by atoms with Gasteiger partial charge in [-0.3, -0.25) is 4.79 Å². The molecule has 0 radical (unpaired) electrons. The molecular formula is C27H52N3O11P. The van der Waals surface area contributed by atoms with E-state index in [4.69, 9.17) is 38.5 Å². The number of esters is 1. The zero-order chi connectivity index (χ0) is 32.3. The first-order valence-corrected chi connectivity index (χ1v) is 16.0. The van der Waals surface area contributed by atoms with Crippen LogP contribution >= 0.6 is 7.75 Å². The molecule has 0 aromatic heterocycles. The summed E-state index contributed by atoms with van der Waals surface area (Å²) in [4.78, 5) is 37.9. The lowest BCUT2D eigenvalue weighted by Gasteiger charge is -2.28. The Labute approximate surface area is 250 Å². The predicted molar refractivity (Wildman–Crippen MR) is 156 cm³/mol. The van der Waals surface area contributed by atoms with Crippen LogP contribution in [0.2, 0.25) is 0 Å². The summed E-state index contributed by atoms with van der Waals surface area (Å²) < 4.78 is 55.1. The van der Waals surface area contributed by atoms with Crippen molar-refractivity contribution in [1.29, 1.82) is 0 Å². The Balaban J connectivity index is 6.03. The Morgan fingerprint density at radius 3 is 1.55 bits per heavy atom. The number of carbonyl (C=O) groups is 3. The number of likely N-dealkylation sites (N-methyl/N-ethyl adjacent to an activating group) is 1. The van der Waals surface area contributed by atoms with Crippen molar-refractivity contribution in [2.45, 2.75) is 113 Å². The zero-order valence-corrected chi connectivity index (χ0v) is 27.6. The van der Waals surface area contributed by atoms with Crippen LogP contribution in [0.3, 0.4) is 0 Å². The summed E-state index contributed by atoms with van der Waals surface area (Å²) in [6.45, 7) is 13.9. The fourth-order valence-corrected chi connectivity index (χ4v) is 4.59. The van der Waals surface area contributed by atoms with Crippen LogP contribution in [0.15, 0.2) is 4.76 Å². The quantitative estimate of drug-likeness (QED) is 0.0319. The molecule has 42 heavy (non-hydrogen) atoms. The predicted octanol–water partition coefficient (Wildman–Crippen LogP) is 5.98. The first-order valence-electron chi connectivity index (χ1n) is 14.5. The number of hydrogen-bond acceptors (Lipinski definition) is 11. The molecule has 0 aliphatic rings. The van der Waals surface area contributed by atoms with Crippen LogP contribution in [-0.4, -0.2) is 74.6 Å². The molecule has 15 heteroatoms. The first kappa shape index (κ1) is 39.4. The summed E-state index contributed by atoms with van der Waals surface area (Å²) in [5.41, 5.74) is 6.05. The summed E-state index contributed by atoms with van der Waals surface area (Å²) in [6, 6.07) is 0. The largest absolute Gasteiger partial charge is 0.510 e. The highest BCUT2D eigenvalue weighted by molar-refractivity contribution is 7.52. The van der Waals surface area contributed by atoms with Gasteiger partial charge in [-0.1, -0.05) is 67.2 Å². The fraction of sp³-hybridized carbons (Fsp3) is 0.852. The maximum atomic E-state index is 14.1. The second-order valence-electron chi connectivity index (χ2n) is 10.6. The number of nitrogens with zero attached hydrogens (tertiary/aromatic N) is 2. The molecule has 0 saturated carbocycles. The molecule has 0 aromatic rings. The van der Waals surface area contributed by atoms with E-state index in [1.54, 1.807) is 41.5 Å². The van der Waals surface area contributed by atoms with Gasteiger partial charge in [0.1, 0.15) is 6.54 Å². The third-order valence-corrected chi connectivity index (χ3v) is 6.67. The van der Waals surface area contributed by atoms with Gasteiger partial charge in [0.25, 0.3) is 0 Å². The average Bonchev–Trinajstić information content (AvgIpc) is 2.87. The van der Waals surface area contributed by atoms with Crippen LogP contribution in [-0.2, 0) is 42.1 Å². The van der Waals surface area contributed by atoms with E-state index < -0.39 is 56.4 Å². The van der Waals surface area contributed by atoms with E-state index in [-0.39, 0.29) is 25.9 Å². The van der Waals surface area contributed by atoms with E-state index in [1.165, 1.54) is 11.9 Å². The molecule has 0 spiro atoms. The van der Waals surface area contributed by atoms with Crippen molar-refractivity contribution in [1.82, 2.24) is 4.90 Å². The summed E-state index contributed by atoms with van der Waals surface area (Å²) in [6.07, 6.45) is -0.428. The molecule has 14 nitrogen and oxygen atoms in total. The number of guanidine groups is 1. The molecular weight excluding hydrogens is 573 g/mol. The summed E-state index contributed by atoms with van der Waals surface area (Å²) in [5.74, 6) is -2.09. The van der Waals surface area contributed by atoms with Gasteiger partial charge in [0.15, 0.2) is 0 Å². The third-order valence-electron chi connectivity index (χ3n) is 5.27. The van der Waals surface area contributed by atoms with Crippen LogP contribution in [0.5, 0.6) is 0 Å². The standard InChI is InChI=1S/C27H52N3O11P/c1-10-12-14-16-35-26(32)38-23(19(3)4)40-42(34,29-25(28)30(9)18-22(31)37-21(7)8)41-24(20(5)6)39-27(33)36-17-15-13-11-2/h19-21,23-24H,10-18H2,1-9H3,(H2,28,29,34). The van der Waals surface area contributed by atoms with E-state index in [1.807, 2.05) is 13.8 Å². The summed E-state index contributed by atoms with van der Waals surface area (Å²) in [5, 5.41) is 0. The highest BCUT2D eigenvalue weighted by Crippen LogP contribution is 2.54. The maximum absolute atomic E-state index is 14.1. The molecule has 0 fully saturated rings. The second-order valence-corrected chi connectivity index (χ2v) is 12.2. The van der Waals surface area contributed by atoms with Crippen molar-refractivity contribution < 1.29 is 51.7 Å². The molecule has 0 aliphatic heterocycles. The molecule has 2 N–H and O–H groups in total. The lowest BCUT2D eigenvalue weighted by Crippen LogP contribution is -2.39. The van der Waals surface area contributed by atoms with Gasteiger partial charge in [-0.2, -0.15) is 0 Å². The molecule has 2 atom stereocenters. The van der Waals surface area contributed by atoms with Crippen LogP contribution in [0.25, 0.3) is 0 Å². The van der Waals surface area contributed by atoms with Gasteiger partial charge in [-0.15, -0.1) is 4.76 Å². The van der Waals surface area contributed by atoms with Crippen molar-refractivity contribution in [3.63, 3.8) is 0 Å². The van der Waals surface area contributed by atoms with E-state index in [0.29, 0.717) is 12.8 Å². The number of carbonyl (C=O) groups excluding carboxylic acids is 3. The Morgan fingerprint density at radius 1 is 0.762 bits per heavy atom. The SMILES string of the molecule is CCCCCOC(=O)OC(OP(=O)(/N=C(\N)N(C)CC(=O)OC(C)C)OC(OC(=O)OCCCCC)C(C)C)C(C)C. The zero-order valence-electron chi connectivity index (χ0n) is 26.7. The normalized spacial score (nSPS) is 14.7. The Kier molecular flexibility index (Phi) is 19.9. The number of rotatable bonds is 20. The van der Waals surface area contributed by atoms with Crippen LogP contribution < -0.4 is 5.73 Å². The minimum absolute atomic E-state index is 0.137. The maximum Gasteiger partial charge on any atom is 0.510 e. The molecule has 0 aromatic carbocycles. The molecule has 0 saturated heterocycles. The molecule has 0 aliphatic carbocycles. The van der Waals surface area contributed by atoms with Gasteiger partial charge < -0.3 is 34.3 Å². The average molecular weight is 626 g/mol. The molecule has 0 heterocycles. The fourth-order valence-electron chi connectivity index (χ4n) is 2.94. The van der Waals surface area contributed by atoms with Crippen molar-refractivity contribution in [2.24, 2.45) is 22.3 Å². The lowest BCUT2D eigenvalue weighted by atomic mass is 10.2. The van der Waals surface area contributed by atoms with Gasteiger partial charge in [-0.25, -0.2) is 23.2 Å². The highest BCUT2D eigenvalue weighted by atomic mass is 31.2. The Morgan fingerprint density at radius 2 is 1.19 bits per heavy atom. The molecule has 0 rings (SSSR count). The van der Waals surface area contributed by atoms with Gasteiger partial charge in [0.2, 0.25) is 18.5 Å². The van der Waals surface area contributed by atoms with Gasteiger partial charge >= 0.3 is 26.0 Å². The third kappa shape index (κ3) is 18.1. The first-order chi connectivity index (χ1) is 19.6. The summed E-state index contributed by atoms with van der Waals surface area (Å²) >= 11 is 0. The molecule has 246 valence electrons. The Hall–Kier alpha value is -2.57. The van der Waals surface area contributed by atoms with E-state index in [2.05, 4.69) is 4.76 Å². The van der Waals surface area contributed by atoms with Crippen LogP contribution in [0.1, 0.15) is 93.9 Å². The van der Waals surface area contributed by atoms with Crippen molar-refractivity contribution in [3.05, 3.63) is 0 Å². The summed E-state index contributed by atoms with van der Waals surface area (Å²) in [7, 11) is -3.29. The number of nitrogens with two attached hydrogens (primary N) is 1. The second kappa shape index (κ2) is 21.2. The number of hydrogen-bond donors (Lipinski definition) is 1. The number of unbranched alkanes of at least 4 members (excludes halogenated alkanes) is 4. The monoisotopic (exact) mass is 625 g/mol. The van der Waals surface area contributed by atoms with E-state index >= 15 is 0 Å². The molecule has 0 bridgehead atoms. The van der Waals surface area contributed by atoms with Gasteiger partial charge in [0, 0.05) is 18.9 Å². The van der Waals surface area contributed by atoms with Crippen LogP contribution in [0, 0.1) is 11.8 Å². The van der Waals surface area contributed by atoms with Crippen molar-refractivity contribution in [3.8, 4) is 0 Å². The highest BCUT2D eigenvalue weighted by Gasteiger charge is 2.39. The van der Waals surface area contributed by atoms with Crippen molar-refractivity contribution in [2.75, 3.05) is 26.8 Å². The smallest absolute Gasteiger partial charge is 0.462 e. The van der Waals surface area contributed by atoms with Gasteiger partial charge in [0.05, 0.1) is 19.3 Å². The van der Waals surface area contributed by atoms with E-state index in [0.717, 1.165) is 25.7 Å². The minimum atomic E-state index is -4.70. The molecule has 2 unspecified atom stereocenters. The molecule has 0 amide bonds. The minimum Gasteiger partial charge on any atom is -0.462 e.